The standard InChI is InChI=1S/C20H20ClNO4/c1-14-4-2-5-16(12-14)25-10-11-26-20(24)15-7-8-17(21)18(13-15)22-9-3-6-19(22)23/h2,4-5,7-8,12-13H,3,6,9-11H2,1H3. The van der Waals surface area contributed by atoms with E-state index in [4.69, 9.17) is 21.1 Å². The number of halogens is 1. The van der Waals surface area contributed by atoms with Gasteiger partial charge in [0.1, 0.15) is 19.0 Å². The Bertz CT molecular complexity index is 821. The number of nitrogens with zero attached hydrogens (tertiary/aromatic N) is 1. The van der Waals surface area contributed by atoms with Crippen LogP contribution in [0.3, 0.4) is 0 Å². The Balaban J connectivity index is 1.57. The number of benzene rings is 2. The second kappa shape index (κ2) is 8.23. The van der Waals surface area contributed by atoms with Crippen LogP contribution < -0.4 is 9.64 Å². The highest BCUT2D eigenvalue weighted by atomic mass is 35.5. The molecule has 6 heteroatoms. The van der Waals surface area contributed by atoms with Gasteiger partial charge in [-0.2, -0.15) is 0 Å². The van der Waals surface area contributed by atoms with Gasteiger partial charge in [-0.05, 0) is 49.2 Å². The van der Waals surface area contributed by atoms with E-state index in [9.17, 15) is 9.59 Å². The number of anilines is 1. The van der Waals surface area contributed by atoms with Gasteiger partial charge in [0, 0.05) is 13.0 Å². The van der Waals surface area contributed by atoms with Crippen molar-refractivity contribution in [3.8, 4) is 5.75 Å². The average molecular weight is 374 g/mol. The Morgan fingerprint density at radius 3 is 2.77 bits per heavy atom. The summed E-state index contributed by atoms with van der Waals surface area (Å²) >= 11 is 6.19. The highest BCUT2D eigenvalue weighted by molar-refractivity contribution is 6.34. The number of hydrogen-bond donors (Lipinski definition) is 0. The maximum absolute atomic E-state index is 12.2. The highest BCUT2D eigenvalue weighted by Crippen LogP contribution is 2.30. The molecule has 1 aliphatic heterocycles. The molecule has 2 aromatic carbocycles. The van der Waals surface area contributed by atoms with Crippen molar-refractivity contribution < 1.29 is 19.1 Å². The maximum atomic E-state index is 12.2. The van der Waals surface area contributed by atoms with Crippen LogP contribution in [0.15, 0.2) is 42.5 Å². The van der Waals surface area contributed by atoms with E-state index in [2.05, 4.69) is 0 Å². The van der Waals surface area contributed by atoms with E-state index in [1.165, 1.54) is 0 Å². The molecule has 0 aliphatic carbocycles. The van der Waals surface area contributed by atoms with Gasteiger partial charge in [0.15, 0.2) is 0 Å². The molecule has 1 heterocycles. The van der Waals surface area contributed by atoms with Gasteiger partial charge in [0.2, 0.25) is 5.91 Å². The summed E-state index contributed by atoms with van der Waals surface area (Å²) in [6.07, 6.45) is 1.29. The Morgan fingerprint density at radius 1 is 1.19 bits per heavy atom. The number of hydrogen-bond acceptors (Lipinski definition) is 4. The van der Waals surface area contributed by atoms with E-state index in [0.717, 1.165) is 17.7 Å². The lowest BCUT2D eigenvalue weighted by atomic mass is 10.2. The molecule has 2 aromatic rings. The minimum atomic E-state index is -0.470. The lowest BCUT2D eigenvalue weighted by Gasteiger charge is -2.18. The summed E-state index contributed by atoms with van der Waals surface area (Å²) in [7, 11) is 0. The average Bonchev–Trinajstić information content (AvgIpc) is 3.05. The third kappa shape index (κ3) is 4.35. The predicted molar refractivity (Wildman–Crippen MR) is 100.0 cm³/mol. The zero-order valence-corrected chi connectivity index (χ0v) is 15.3. The van der Waals surface area contributed by atoms with E-state index >= 15 is 0 Å². The molecule has 1 amide bonds. The molecule has 0 aromatic heterocycles. The van der Waals surface area contributed by atoms with Crippen molar-refractivity contribution in [3.63, 3.8) is 0 Å². The summed E-state index contributed by atoms with van der Waals surface area (Å²) in [5, 5.41) is 0.444. The van der Waals surface area contributed by atoms with Crippen molar-refractivity contribution in [2.75, 3.05) is 24.7 Å². The maximum Gasteiger partial charge on any atom is 0.338 e. The van der Waals surface area contributed by atoms with Crippen LogP contribution in [0.4, 0.5) is 5.69 Å². The number of rotatable bonds is 6. The van der Waals surface area contributed by atoms with E-state index in [-0.39, 0.29) is 19.1 Å². The lowest BCUT2D eigenvalue weighted by molar-refractivity contribution is -0.117. The van der Waals surface area contributed by atoms with E-state index in [1.807, 2.05) is 31.2 Å². The third-order valence-electron chi connectivity index (χ3n) is 4.12. The van der Waals surface area contributed by atoms with E-state index < -0.39 is 5.97 Å². The van der Waals surface area contributed by atoms with Gasteiger partial charge < -0.3 is 14.4 Å². The Kier molecular flexibility index (Phi) is 5.78. The summed E-state index contributed by atoms with van der Waals surface area (Å²) in [5.74, 6) is 0.286. The Labute approximate surface area is 157 Å². The molecule has 0 saturated carbocycles. The van der Waals surface area contributed by atoms with Crippen molar-refractivity contribution >= 4 is 29.2 Å². The van der Waals surface area contributed by atoms with Gasteiger partial charge in [-0.15, -0.1) is 0 Å². The summed E-state index contributed by atoms with van der Waals surface area (Å²) in [6, 6.07) is 12.5. The van der Waals surface area contributed by atoms with Crippen LogP contribution in [0.25, 0.3) is 0 Å². The zero-order chi connectivity index (χ0) is 18.5. The quantitative estimate of drug-likeness (QED) is 0.567. The van der Waals surface area contributed by atoms with Crippen LogP contribution in [0.2, 0.25) is 5.02 Å². The first-order chi connectivity index (χ1) is 12.5. The zero-order valence-electron chi connectivity index (χ0n) is 14.5. The fourth-order valence-electron chi connectivity index (χ4n) is 2.83. The van der Waals surface area contributed by atoms with Crippen LogP contribution >= 0.6 is 11.6 Å². The molecule has 26 heavy (non-hydrogen) atoms. The molecular formula is C20H20ClNO4. The Morgan fingerprint density at radius 2 is 2.04 bits per heavy atom. The minimum absolute atomic E-state index is 0.0176. The molecule has 0 bridgehead atoms. The van der Waals surface area contributed by atoms with Crippen LogP contribution in [0, 0.1) is 6.92 Å². The summed E-state index contributed by atoms with van der Waals surface area (Å²) < 4.78 is 10.8. The highest BCUT2D eigenvalue weighted by Gasteiger charge is 2.24. The van der Waals surface area contributed by atoms with Gasteiger partial charge in [0.25, 0.3) is 0 Å². The van der Waals surface area contributed by atoms with Crippen molar-refractivity contribution in [3.05, 3.63) is 58.6 Å². The van der Waals surface area contributed by atoms with Crippen molar-refractivity contribution in [2.24, 2.45) is 0 Å². The van der Waals surface area contributed by atoms with Gasteiger partial charge >= 0.3 is 5.97 Å². The number of ether oxygens (including phenoxy) is 2. The van der Waals surface area contributed by atoms with Gasteiger partial charge in [-0.1, -0.05) is 23.7 Å². The first-order valence-corrected chi connectivity index (χ1v) is 8.89. The molecule has 136 valence electrons. The molecule has 0 N–H and O–H groups in total. The molecular weight excluding hydrogens is 354 g/mol. The van der Waals surface area contributed by atoms with Crippen molar-refractivity contribution in [1.29, 1.82) is 0 Å². The van der Waals surface area contributed by atoms with Crippen LogP contribution in [-0.4, -0.2) is 31.6 Å². The lowest BCUT2D eigenvalue weighted by Crippen LogP contribution is -2.24. The number of esters is 1. The first kappa shape index (κ1) is 18.3. The first-order valence-electron chi connectivity index (χ1n) is 8.51. The minimum Gasteiger partial charge on any atom is -0.490 e. The third-order valence-corrected chi connectivity index (χ3v) is 4.44. The molecule has 1 saturated heterocycles. The Hall–Kier alpha value is -2.53. The number of carbonyl (C=O) groups is 2. The van der Waals surface area contributed by atoms with E-state index in [1.54, 1.807) is 23.1 Å². The largest absolute Gasteiger partial charge is 0.490 e. The molecule has 0 atom stereocenters. The fraction of sp³-hybridized carbons (Fsp3) is 0.300. The second-order valence-corrected chi connectivity index (χ2v) is 6.52. The van der Waals surface area contributed by atoms with E-state index in [0.29, 0.717) is 29.2 Å². The molecule has 0 spiro atoms. The molecule has 3 rings (SSSR count). The summed E-state index contributed by atoms with van der Waals surface area (Å²) in [6.45, 7) is 2.99. The molecule has 1 fully saturated rings. The van der Waals surface area contributed by atoms with Gasteiger partial charge in [-0.25, -0.2) is 4.79 Å². The van der Waals surface area contributed by atoms with Gasteiger partial charge in [0.05, 0.1) is 16.3 Å². The van der Waals surface area contributed by atoms with Crippen molar-refractivity contribution in [2.45, 2.75) is 19.8 Å². The number of amides is 1. The van der Waals surface area contributed by atoms with Crippen LogP contribution in [0.1, 0.15) is 28.8 Å². The van der Waals surface area contributed by atoms with Crippen molar-refractivity contribution in [1.82, 2.24) is 0 Å². The second-order valence-electron chi connectivity index (χ2n) is 6.12. The number of aryl methyl sites for hydroxylation is 1. The fourth-order valence-corrected chi connectivity index (χ4v) is 3.05. The SMILES string of the molecule is Cc1cccc(OCCOC(=O)c2ccc(Cl)c(N3CCCC3=O)c2)c1. The van der Waals surface area contributed by atoms with Crippen LogP contribution in [0.5, 0.6) is 5.75 Å². The van der Waals surface area contributed by atoms with Crippen LogP contribution in [-0.2, 0) is 9.53 Å². The summed E-state index contributed by atoms with van der Waals surface area (Å²) in [4.78, 5) is 25.8. The monoisotopic (exact) mass is 373 g/mol. The van der Waals surface area contributed by atoms with Gasteiger partial charge in [-0.3, -0.25) is 4.79 Å². The molecule has 5 nitrogen and oxygen atoms in total. The number of carbonyl (C=O) groups excluding carboxylic acids is 2. The smallest absolute Gasteiger partial charge is 0.338 e. The normalized spacial score (nSPS) is 13.8. The molecule has 1 aliphatic rings. The summed E-state index contributed by atoms with van der Waals surface area (Å²) in [5.41, 5.74) is 2.02. The molecule has 0 unspecified atom stereocenters. The molecule has 0 radical (unpaired) electrons. The predicted octanol–water partition coefficient (Wildman–Crippen LogP) is 4.01. The topological polar surface area (TPSA) is 55.8 Å².